The lowest BCUT2D eigenvalue weighted by Crippen LogP contribution is -2.38. The minimum Gasteiger partial charge on any atom is -0.324 e. The van der Waals surface area contributed by atoms with Crippen molar-refractivity contribution in [2.45, 2.75) is 18.0 Å². The van der Waals surface area contributed by atoms with Crippen LogP contribution in [0.1, 0.15) is 12.5 Å². The van der Waals surface area contributed by atoms with E-state index in [-0.39, 0.29) is 21.5 Å². The van der Waals surface area contributed by atoms with E-state index >= 15 is 0 Å². The van der Waals surface area contributed by atoms with Crippen LogP contribution in [0.5, 0.6) is 0 Å². The maximum Gasteiger partial charge on any atom is 0.418 e. The molecule has 1 N–H and O–H groups in total. The molecule has 0 saturated heterocycles. The van der Waals surface area contributed by atoms with Crippen LogP contribution in [0.2, 0.25) is 10.0 Å². The molecule has 2 aromatic rings. The summed E-state index contributed by atoms with van der Waals surface area (Å²) in [6, 6.07) is 8.10. The number of carbonyl (C=O) groups excluding carboxylic acids is 1. The standard InChI is InChI=1S/C17H15Cl2F3N2O3S/c1-2-24(28(26,27)13-8-11(18)7-12(19)9-13)10-16(25)23-15-6-4-3-5-14(15)17(20,21)22/h3-9H,2,10H2,1H3,(H,23,25). The molecule has 0 aliphatic rings. The molecule has 152 valence electrons. The monoisotopic (exact) mass is 454 g/mol. The van der Waals surface area contributed by atoms with Gasteiger partial charge in [0.1, 0.15) is 0 Å². The van der Waals surface area contributed by atoms with Crippen LogP contribution in [0.4, 0.5) is 18.9 Å². The van der Waals surface area contributed by atoms with E-state index in [0.29, 0.717) is 0 Å². The Morgan fingerprint density at radius 2 is 1.68 bits per heavy atom. The van der Waals surface area contributed by atoms with E-state index in [2.05, 4.69) is 5.32 Å². The Morgan fingerprint density at radius 3 is 2.21 bits per heavy atom. The van der Waals surface area contributed by atoms with Crippen LogP contribution >= 0.6 is 23.2 Å². The molecular weight excluding hydrogens is 440 g/mol. The molecule has 2 aromatic carbocycles. The number of nitrogens with zero attached hydrogens (tertiary/aromatic N) is 1. The molecule has 28 heavy (non-hydrogen) atoms. The van der Waals surface area contributed by atoms with Gasteiger partial charge in [-0.1, -0.05) is 42.3 Å². The second-order valence-corrected chi connectivity index (χ2v) is 8.44. The van der Waals surface area contributed by atoms with E-state index < -0.39 is 39.9 Å². The van der Waals surface area contributed by atoms with Gasteiger partial charge in [0.25, 0.3) is 0 Å². The van der Waals surface area contributed by atoms with Gasteiger partial charge in [-0.25, -0.2) is 8.42 Å². The van der Waals surface area contributed by atoms with Gasteiger partial charge in [-0.15, -0.1) is 0 Å². The highest BCUT2D eigenvalue weighted by Crippen LogP contribution is 2.34. The molecule has 1 amide bonds. The van der Waals surface area contributed by atoms with Crippen molar-refractivity contribution in [1.82, 2.24) is 4.31 Å². The summed E-state index contributed by atoms with van der Waals surface area (Å²) in [5, 5.41) is 2.29. The summed E-state index contributed by atoms with van der Waals surface area (Å²) < 4.78 is 65.4. The summed E-state index contributed by atoms with van der Waals surface area (Å²) in [6.07, 6.45) is -4.67. The van der Waals surface area contributed by atoms with Crippen LogP contribution in [0.25, 0.3) is 0 Å². The molecule has 11 heteroatoms. The molecule has 0 radical (unpaired) electrons. The SMILES string of the molecule is CCN(CC(=O)Nc1ccccc1C(F)(F)F)S(=O)(=O)c1cc(Cl)cc(Cl)c1. The van der Waals surface area contributed by atoms with Gasteiger partial charge in [0.15, 0.2) is 0 Å². The fraction of sp³-hybridized carbons (Fsp3) is 0.235. The molecule has 5 nitrogen and oxygen atoms in total. The van der Waals surface area contributed by atoms with E-state index in [0.717, 1.165) is 16.4 Å². The van der Waals surface area contributed by atoms with Crippen molar-refractivity contribution in [2.75, 3.05) is 18.4 Å². The lowest BCUT2D eigenvalue weighted by molar-refractivity contribution is -0.137. The number of rotatable bonds is 6. The van der Waals surface area contributed by atoms with E-state index in [1.54, 1.807) is 0 Å². The molecule has 0 saturated carbocycles. The zero-order valence-corrected chi connectivity index (χ0v) is 16.8. The predicted octanol–water partition coefficient (Wildman–Crippen LogP) is 4.66. The third-order valence-corrected chi connectivity index (χ3v) is 5.99. The van der Waals surface area contributed by atoms with Crippen molar-refractivity contribution in [3.63, 3.8) is 0 Å². The molecule has 0 bridgehead atoms. The maximum atomic E-state index is 13.0. The first-order valence-electron chi connectivity index (χ1n) is 7.87. The first kappa shape index (κ1) is 22.5. The third kappa shape index (κ3) is 5.38. The Labute approximate surface area is 170 Å². The van der Waals surface area contributed by atoms with Gasteiger partial charge in [-0.3, -0.25) is 4.79 Å². The summed E-state index contributed by atoms with van der Waals surface area (Å²) in [5.74, 6) is -0.921. The van der Waals surface area contributed by atoms with Crippen molar-refractivity contribution < 1.29 is 26.4 Å². The molecule has 0 atom stereocenters. The number of carbonyl (C=O) groups is 1. The first-order valence-corrected chi connectivity index (χ1v) is 10.1. The number of hydrogen-bond acceptors (Lipinski definition) is 3. The average molecular weight is 455 g/mol. The summed E-state index contributed by atoms with van der Waals surface area (Å²) in [4.78, 5) is 12.0. The van der Waals surface area contributed by atoms with Crippen molar-refractivity contribution >= 4 is 44.8 Å². The van der Waals surface area contributed by atoms with Crippen molar-refractivity contribution in [3.8, 4) is 0 Å². The smallest absolute Gasteiger partial charge is 0.324 e. The number of nitrogens with one attached hydrogen (secondary N) is 1. The van der Waals surface area contributed by atoms with Crippen molar-refractivity contribution in [1.29, 1.82) is 0 Å². The molecule has 0 spiro atoms. The van der Waals surface area contributed by atoms with E-state index in [4.69, 9.17) is 23.2 Å². The van der Waals surface area contributed by atoms with Crippen LogP contribution in [0, 0.1) is 0 Å². The van der Waals surface area contributed by atoms with Crippen LogP contribution in [0.15, 0.2) is 47.4 Å². The quantitative estimate of drug-likeness (QED) is 0.689. The van der Waals surface area contributed by atoms with Gasteiger partial charge >= 0.3 is 6.18 Å². The zero-order valence-electron chi connectivity index (χ0n) is 14.4. The van der Waals surface area contributed by atoms with Gasteiger partial charge in [-0.2, -0.15) is 17.5 Å². The van der Waals surface area contributed by atoms with Crippen LogP contribution in [-0.4, -0.2) is 31.7 Å². The van der Waals surface area contributed by atoms with Gasteiger partial charge in [0.05, 0.1) is 22.7 Å². The topological polar surface area (TPSA) is 66.5 Å². The molecule has 0 aliphatic carbocycles. The van der Waals surface area contributed by atoms with Crippen LogP contribution < -0.4 is 5.32 Å². The van der Waals surface area contributed by atoms with Gasteiger partial charge in [0.2, 0.25) is 15.9 Å². The molecule has 0 aliphatic heterocycles. The molecule has 0 heterocycles. The highest BCUT2D eigenvalue weighted by atomic mass is 35.5. The number of anilines is 1. The minimum atomic E-state index is -4.67. The van der Waals surface area contributed by atoms with E-state index in [9.17, 15) is 26.4 Å². The van der Waals surface area contributed by atoms with Crippen molar-refractivity contribution in [3.05, 3.63) is 58.1 Å². The third-order valence-electron chi connectivity index (χ3n) is 3.65. The minimum absolute atomic E-state index is 0.0886. The van der Waals surface area contributed by atoms with Crippen molar-refractivity contribution in [2.24, 2.45) is 0 Å². The maximum absolute atomic E-state index is 13.0. The number of hydrogen-bond donors (Lipinski definition) is 1. The summed E-state index contributed by atoms with van der Waals surface area (Å²) in [5.41, 5.74) is -1.49. The van der Waals surface area contributed by atoms with E-state index in [1.165, 1.54) is 37.3 Å². The fourth-order valence-corrected chi connectivity index (χ4v) is 4.51. The number of benzene rings is 2. The average Bonchev–Trinajstić information content (AvgIpc) is 2.58. The second kappa shape index (κ2) is 8.69. The summed E-state index contributed by atoms with van der Waals surface area (Å²) in [7, 11) is -4.14. The fourth-order valence-electron chi connectivity index (χ4n) is 2.38. The lowest BCUT2D eigenvalue weighted by Gasteiger charge is -2.21. The Balaban J connectivity index is 2.25. The summed E-state index contributed by atoms with van der Waals surface area (Å²) >= 11 is 11.6. The first-order chi connectivity index (χ1) is 12.9. The Hall–Kier alpha value is -1.81. The second-order valence-electron chi connectivity index (χ2n) is 5.63. The molecular formula is C17H15Cl2F3N2O3S. The molecule has 0 unspecified atom stereocenters. The zero-order chi connectivity index (χ0) is 21.1. The number of para-hydroxylation sites is 1. The summed E-state index contributed by atoms with van der Waals surface area (Å²) in [6.45, 7) is 0.705. The number of amides is 1. The molecule has 0 aromatic heterocycles. The van der Waals surface area contributed by atoms with Crippen LogP contribution in [-0.2, 0) is 21.0 Å². The normalized spacial score (nSPS) is 12.2. The molecule has 2 rings (SSSR count). The highest BCUT2D eigenvalue weighted by Gasteiger charge is 2.34. The number of alkyl halides is 3. The van der Waals surface area contributed by atoms with Gasteiger partial charge < -0.3 is 5.32 Å². The highest BCUT2D eigenvalue weighted by molar-refractivity contribution is 7.89. The number of likely N-dealkylation sites (N-methyl/N-ethyl adjacent to an activating group) is 1. The Bertz CT molecular complexity index is 962. The number of sulfonamides is 1. The molecule has 0 fully saturated rings. The van der Waals surface area contributed by atoms with Gasteiger partial charge in [-0.05, 0) is 30.3 Å². The largest absolute Gasteiger partial charge is 0.418 e. The Kier molecular flexibility index (Phi) is 6.97. The van der Waals surface area contributed by atoms with E-state index in [1.807, 2.05) is 0 Å². The predicted molar refractivity (Wildman–Crippen MR) is 101 cm³/mol. The number of halogens is 5. The van der Waals surface area contributed by atoms with Gasteiger partial charge in [0, 0.05) is 16.6 Å². The Morgan fingerprint density at radius 1 is 1.11 bits per heavy atom. The van der Waals surface area contributed by atoms with Crippen LogP contribution in [0.3, 0.4) is 0 Å². The lowest BCUT2D eigenvalue weighted by atomic mass is 10.1.